The second kappa shape index (κ2) is 8.76. The molecule has 0 unspecified atom stereocenters. The highest BCUT2D eigenvalue weighted by Gasteiger charge is 2.33. The zero-order valence-electron chi connectivity index (χ0n) is 13.9. The molecule has 0 aliphatic heterocycles. The molecule has 0 saturated carbocycles. The van der Waals surface area contributed by atoms with Crippen molar-refractivity contribution < 1.29 is 27.5 Å². The molecule has 25 heavy (non-hydrogen) atoms. The highest BCUT2D eigenvalue weighted by molar-refractivity contribution is 6.43. The summed E-state index contributed by atoms with van der Waals surface area (Å²) in [5, 5.41) is 0.0249. The van der Waals surface area contributed by atoms with Gasteiger partial charge in [-0.1, -0.05) is 37.0 Å². The molecule has 140 valence electrons. The van der Waals surface area contributed by atoms with E-state index in [9.17, 15) is 22.8 Å². The van der Waals surface area contributed by atoms with Gasteiger partial charge in [-0.25, -0.2) is 0 Å². The van der Waals surface area contributed by atoms with Crippen LogP contribution in [0.4, 0.5) is 13.2 Å². The van der Waals surface area contributed by atoms with Gasteiger partial charge in [0.15, 0.2) is 18.1 Å². The van der Waals surface area contributed by atoms with Gasteiger partial charge in [0, 0.05) is 6.54 Å². The fourth-order valence-electron chi connectivity index (χ4n) is 2.09. The molecular formula is C16H18Cl2F3NO3. The van der Waals surface area contributed by atoms with E-state index in [0.29, 0.717) is 4.90 Å². The molecule has 0 aliphatic carbocycles. The number of carbonyl (C=O) groups excluding carboxylic acids is 2. The summed E-state index contributed by atoms with van der Waals surface area (Å²) in [4.78, 5) is 24.4. The number of hydrogen-bond donors (Lipinski definition) is 0. The first-order valence-electron chi connectivity index (χ1n) is 7.38. The van der Waals surface area contributed by atoms with E-state index < -0.39 is 25.2 Å². The predicted molar refractivity (Wildman–Crippen MR) is 89.4 cm³/mol. The minimum absolute atomic E-state index is 0.0756. The molecule has 0 saturated heterocycles. The van der Waals surface area contributed by atoms with Gasteiger partial charge in [0.1, 0.15) is 11.6 Å². The molecule has 1 amide bonds. The molecule has 0 spiro atoms. The maximum Gasteiger partial charge on any atom is 0.406 e. The molecular weight excluding hydrogens is 382 g/mol. The number of carbonyl (C=O) groups is 2. The maximum atomic E-state index is 12.6. The Kier molecular flexibility index (Phi) is 7.56. The zero-order chi connectivity index (χ0) is 19.4. The minimum atomic E-state index is -4.53. The number of ether oxygens (including phenoxy) is 1. The maximum absolute atomic E-state index is 12.6. The van der Waals surface area contributed by atoms with Gasteiger partial charge in [0.25, 0.3) is 5.91 Å². The summed E-state index contributed by atoms with van der Waals surface area (Å²) in [6, 6.07) is 2.77. The molecule has 9 heteroatoms. The molecule has 0 atom stereocenters. The monoisotopic (exact) mass is 399 g/mol. The van der Waals surface area contributed by atoms with Gasteiger partial charge in [0.2, 0.25) is 0 Å². The topological polar surface area (TPSA) is 46.6 Å². The van der Waals surface area contributed by atoms with E-state index in [-0.39, 0.29) is 39.6 Å². The lowest BCUT2D eigenvalue weighted by atomic mass is 10.1. The molecule has 0 bridgehead atoms. The smallest absolute Gasteiger partial charge is 0.406 e. The van der Waals surface area contributed by atoms with Crippen LogP contribution in [0.1, 0.15) is 31.1 Å². The minimum Gasteiger partial charge on any atom is -0.481 e. The van der Waals surface area contributed by atoms with Crippen LogP contribution >= 0.6 is 23.2 Å². The average molecular weight is 400 g/mol. The van der Waals surface area contributed by atoms with Crippen molar-refractivity contribution in [1.29, 1.82) is 0 Å². The molecule has 1 aromatic rings. The highest BCUT2D eigenvalue weighted by Crippen LogP contribution is 2.35. The number of ketones is 1. The zero-order valence-corrected chi connectivity index (χ0v) is 15.4. The van der Waals surface area contributed by atoms with Crippen molar-refractivity contribution in [2.24, 2.45) is 5.92 Å². The van der Waals surface area contributed by atoms with Crippen LogP contribution in [0.25, 0.3) is 0 Å². The van der Waals surface area contributed by atoms with Crippen molar-refractivity contribution in [3.63, 3.8) is 0 Å². The summed E-state index contributed by atoms with van der Waals surface area (Å²) in [5.74, 6) is -1.52. The number of hydrogen-bond acceptors (Lipinski definition) is 3. The number of rotatable bonds is 7. The summed E-state index contributed by atoms with van der Waals surface area (Å²) >= 11 is 11.8. The second-order valence-corrected chi connectivity index (χ2v) is 6.65. The fraction of sp³-hybridized carbons (Fsp3) is 0.500. The number of amides is 1. The molecule has 0 aliphatic rings. The van der Waals surface area contributed by atoms with Gasteiger partial charge in [-0.2, -0.15) is 13.2 Å². The van der Waals surface area contributed by atoms with Crippen LogP contribution in [0, 0.1) is 5.92 Å². The van der Waals surface area contributed by atoms with Crippen molar-refractivity contribution in [1.82, 2.24) is 4.90 Å². The van der Waals surface area contributed by atoms with E-state index in [4.69, 9.17) is 27.9 Å². The molecule has 1 aromatic carbocycles. The molecule has 1 rings (SSSR count). The van der Waals surface area contributed by atoms with Gasteiger partial charge in [-0.15, -0.1) is 0 Å². The van der Waals surface area contributed by atoms with Crippen molar-refractivity contribution in [3.8, 4) is 5.75 Å². The van der Waals surface area contributed by atoms with Crippen LogP contribution in [0.15, 0.2) is 12.1 Å². The fourth-order valence-corrected chi connectivity index (χ4v) is 2.46. The quantitative estimate of drug-likeness (QED) is 0.628. The standard InChI is InChI=1S/C16H18Cl2F3NO3/c1-9(2)6-22(8-16(19,20)21)13(24)7-25-15-11(10(3)23)4-5-12(17)14(15)18/h4-5,9H,6-8H2,1-3H3. The van der Waals surface area contributed by atoms with Gasteiger partial charge >= 0.3 is 6.18 Å². The summed E-state index contributed by atoms with van der Waals surface area (Å²) in [6.45, 7) is 2.51. The molecule has 0 radical (unpaired) electrons. The lowest BCUT2D eigenvalue weighted by molar-refractivity contribution is -0.163. The molecule has 4 nitrogen and oxygen atoms in total. The molecule has 0 N–H and O–H groups in total. The summed E-state index contributed by atoms with van der Waals surface area (Å²) in [5.41, 5.74) is 0.0911. The van der Waals surface area contributed by atoms with Crippen LogP contribution in [0.5, 0.6) is 5.75 Å². The Morgan fingerprint density at radius 3 is 2.32 bits per heavy atom. The Balaban J connectivity index is 2.96. The van der Waals surface area contributed by atoms with Crippen LogP contribution < -0.4 is 4.74 Å². The normalized spacial score (nSPS) is 11.6. The Morgan fingerprint density at radius 1 is 1.24 bits per heavy atom. The Morgan fingerprint density at radius 2 is 1.84 bits per heavy atom. The van der Waals surface area contributed by atoms with Crippen molar-refractivity contribution in [2.75, 3.05) is 19.7 Å². The number of Topliss-reactive ketones (excluding diaryl/α,β-unsaturated/α-hetero) is 1. The van der Waals surface area contributed by atoms with Gasteiger partial charge in [-0.3, -0.25) is 9.59 Å². The van der Waals surface area contributed by atoms with E-state index in [1.807, 2.05) is 0 Å². The van der Waals surface area contributed by atoms with E-state index >= 15 is 0 Å². The second-order valence-electron chi connectivity index (χ2n) is 5.87. The van der Waals surface area contributed by atoms with E-state index in [0.717, 1.165) is 0 Å². The first kappa shape index (κ1) is 21.6. The third-order valence-corrected chi connectivity index (χ3v) is 3.86. The number of nitrogens with zero attached hydrogens (tertiary/aromatic N) is 1. The van der Waals surface area contributed by atoms with Gasteiger partial charge < -0.3 is 9.64 Å². The first-order chi connectivity index (χ1) is 11.4. The first-order valence-corrected chi connectivity index (χ1v) is 8.14. The summed E-state index contributed by atoms with van der Waals surface area (Å²) in [7, 11) is 0. The Bertz CT molecular complexity index is 648. The molecule has 0 aromatic heterocycles. The lowest BCUT2D eigenvalue weighted by Gasteiger charge is -2.26. The lowest BCUT2D eigenvalue weighted by Crippen LogP contribution is -2.43. The van der Waals surface area contributed by atoms with Gasteiger partial charge in [-0.05, 0) is 25.0 Å². The summed E-state index contributed by atoms with van der Waals surface area (Å²) in [6.07, 6.45) is -4.53. The third kappa shape index (κ3) is 6.74. The highest BCUT2D eigenvalue weighted by atomic mass is 35.5. The third-order valence-electron chi connectivity index (χ3n) is 3.08. The average Bonchev–Trinajstić information content (AvgIpc) is 2.45. The van der Waals surface area contributed by atoms with Crippen LogP contribution in [0.2, 0.25) is 10.0 Å². The van der Waals surface area contributed by atoms with Crippen molar-refractivity contribution >= 4 is 34.9 Å². The molecule has 0 fully saturated rings. The van der Waals surface area contributed by atoms with Crippen LogP contribution in [0.3, 0.4) is 0 Å². The largest absolute Gasteiger partial charge is 0.481 e. The van der Waals surface area contributed by atoms with Crippen LogP contribution in [-0.2, 0) is 4.79 Å². The molecule has 0 heterocycles. The predicted octanol–water partition coefficient (Wildman–Crippen LogP) is 4.62. The van der Waals surface area contributed by atoms with E-state index in [2.05, 4.69) is 0 Å². The van der Waals surface area contributed by atoms with Crippen LogP contribution in [-0.4, -0.2) is 42.5 Å². The SMILES string of the molecule is CC(=O)c1ccc(Cl)c(Cl)c1OCC(=O)N(CC(C)C)CC(F)(F)F. The van der Waals surface area contributed by atoms with Crippen molar-refractivity contribution in [2.45, 2.75) is 26.9 Å². The van der Waals surface area contributed by atoms with Crippen molar-refractivity contribution in [3.05, 3.63) is 27.7 Å². The Hall–Kier alpha value is -1.47. The Labute approximate surface area is 153 Å². The summed E-state index contributed by atoms with van der Waals surface area (Å²) < 4.78 is 43.2. The van der Waals surface area contributed by atoms with E-state index in [1.165, 1.54) is 19.1 Å². The number of alkyl halides is 3. The van der Waals surface area contributed by atoms with E-state index in [1.54, 1.807) is 13.8 Å². The number of benzene rings is 1. The number of halogens is 5. The van der Waals surface area contributed by atoms with Gasteiger partial charge in [0.05, 0.1) is 10.6 Å².